The number of thiazole rings is 1. The fourth-order valence-electron chi connectivity index (χ4n) is 4.30. The minimum Gasteiger partial charge on any atom is -0.503 e. The number of rotatable bonds is 9. The van der Waals surface area contributed by atoms with Gasteiger partial charge in [-0.05, 0) is 44.0 Å². The number of aromatic nitrogens is 2. The van der Waals surface area contributed by atoms with Crippen molar-refractivity contribution in [2.75, 3.05) is 33.5 Å². The largest absolute Gasteiger partial charge is 0.503 e. The van der Waals surface area contributed by atoms with Crippen molar-refractivity contribution in [3.63, 3.8) is 0 Å². The Morgan fingerprint density at radius 1 is 1.28 bits per heavy atom. The summed E-state index contributed by atoms with van der Waals surface area (Å²) in [6.07, 6.45) is 3.82. The van der Waals surface area contributed by atoms with Crippen molar-refractivity contribution < 1.29 is 23.8 Å². The van der Waals surface area contributed by atoms with Crippen LogP contribution in [0, 0.1) is 12.7 Å². The Bertz CT molecular complexity index is 1320. The number of hydrogen-bond acceptors (Lipinski definition) is 7. The summed E-state index contributed by atoms with van der Waals surface area (Å²) < 4.78 is 25.9. The molecular formula is C26H30FN3O5S. The number of carbonyl (C=O) groups excluding carboxylic acids is 1. The Balaban J connectivity index is 1.70. The highest BCUT2D eigenvalue weighted by Gasteiger charge is 2.36. The molecule has 0 radical (unpaired) electrons. The molecule has 0 aliphatic carbocycles. The Kier molecular flexibility index (Phi) is 7.87. The summed E-state index contributed by atoms with van der Waals surface area (Å²) in [5.74, 6) is -1.27. The van der Waals surface area contributed by atoms with Gasteiger partial charge in [0.15, 0.2) is 11.4 Å². The van der Waals surface area contributed by atoms with E-state index < -0.39 is 17.1 Å². The zero-order valence-corrected chi connectivity index (χ0v) is 21.6. The van der Waals surface area contributed by atoms with Gasteiger partial charge in [-0.15, -0.1) is 11.3 Å². The highest BCUT2D eigenvalue weighted by atomic mass is 32.1. The minimum atomic E-state index is -0.641. The normalized spacial score (nSPS) is 15.6. The summed E-state index contributed by atoms with van der Waals surface area (Å²) in [5.41, 5.74) is 1.34. The van der Waals surface area contributed by atoms with Gasteiger partial charge in [0.05, 0.1) is 31.4 Å². The second-order valence-corrected chi connectivity index (χ2v) is 10.2. The van der Waals surface area contributed by atoms with Crippen molar-refractivity contribution in [3.8, 4) is 16.3 Å². The lowest BCUT2D eigenvalue weighted by Gasteiger charge is -2.38. The first kappa shape index (κ1) is 26.0. The first-order valence-corrected chi connectivity index (χ1v) is 12.6. The molecule has 0 saturated carbocycles. The second-order valence-electron chi connectivity index (χ2n) is 9.13. The highest BCUT2D eigenvalue weighted by Crippen LogP contribution is 2.32. The molecule has 3 aromatic rings. The predicted octanol–water partition coefficient (Wildman–Crippen LogP) is 3.78. The van der Waals surface area contributed by atoms with Gasteiger partial charge < -0.3 is 24.0 Å². The molecule has 10 heteroatoms. The molecule has 1 aromatic carbocycles. The van der Waals surface area contributed by atoms with Crippen LogP contribution >= 0.6 is 11.3 Å². The van der Waals surface area contributed by atoms with Crippen LogP contribution in [0.5, 0.6) is 5.75 Å². The van der Waals surface area contributed by atoms with E-state index in [4.69, 9.17) is 9.47 Å². The molecule has 8 nitrogen and oxygen atoms in total. The lowest BCUT2D eigenvalue weighted by Crippen LogP contribution is -2.48. The van der Waals surface area contributed by atoms with Gasteiger partial charge in [-0.3, -0.25) is 9.59 Å². The number of amides is 1. The quantitative estimate of drug-likeness (QED) is 0.436. The molecule has 1 N–H and O–H groups in total. The number of aromatic hydroxyl groups is 1. The van der Waals surface area contributed by atoms with Crippen LogP contribution in [0.3, 0.4) is 0 Å². The van der Waals surface area contributed by atoms with E-state index in [1.807, 2.05) is 20.8 Å². The Morgan fingerprint density at radius 2 is 2.06 bits per heavy atom. The van der Waals surface area contributed by atoms with Crippen molar-refractivity contribution in [1.82, 2.24) is 14.5 Å². The van der Waals surface area contributed by atoms with Crippen LogP contribution in [0.15, 0.2) is 35.4 Å². The molecule has 1 aliphatic rings. The highest BCUT2D eigenvalue weighted by molar-refractivity contribution is 7.15. The average Bonchev–Trinajstić information content (AvgIpc) is 3.29. The average molecular weight is 516 g/mol. The second kappa shape index (κ2) is 10.9. The smallest absolute Gasteiger partial charge is 0.274 e. The van der Waals surface area contributed by atoms with E-state index in [0.717, 1.165) is 16.0 Å². The van der Waals surface area contributed by atoms with Gasteiger partial charge in [-0.2, -0.15) is 0 Å². The third-order valence-corrected chi connectivity index (χ3v) is 7.32. The first-order chi connectivity index (χ1) is 17.2. The lowest BCUT2D eigenvalue weighted by molar-refractivity contribution is 0.0298. The summed E-state index contributed by atoms with van der Waals surface area (Å²) in [6, 6.07) is 4.23. The van der Waals surface area contributed by atoms with Gasteiger partial charge in [0.2, 0.25) is 5.43 Å². The van der Waals surface area contributed by atoms with Crippen molar-refractivity contribution in [2.24, 2.45) is 0 Å². The molecule has 0 unspecified atom stereocenters. The first-order valence-electron chi connectivity index (χ1n) is 11.8. The van der Waals surface area contributed by atoms with Crippen molar-refractivity contribution in [1.29, 1.82) is 0 Å². The number of ether oxygens (including phenoxy) is 2. The zero-order valence-electron chi connectivity index (χ0n) is 20.8. The van der Waals surface area contributed by atoms with E-state index in [9.17, 15) is 19.1 Å². The molecule has 0 bridgehead atoms. The number of nitrogens with zero attached hydrogens (tertiary/aromatic N) is 3. The topological polar surface area (TPSA) is 93.9 Å². The number of pyridine rings is 1. The van der Waals surface area contributed by atoms with Crippen LogP contribution in [0.4, 0.5) is 4.39 Å². The van der Waals surface area contributed by atoms with E-state index in [1.165, 1.54) is 23.5 Å². The van der Waals surface area contributed by atoms with Crippen molar-refractivity contribution in [2.45, 2.75) is 39.3 Å². The Morgan fingerprint density at radius 3 is 2.75 bits per heavy atom. The number of halogens is 1. The number of aryl methyl sites for hydroxylation is 1. The van der Waals surface area contributed by atoms with Crippen molar-refractivity contribution >= 4 is 17.2 Å². The Labute approximate surface area is 212 Å². The molecule has 1 aliphatic heterocycles. The molecule has 1 amide bonds. The molecule has 2 aromatic heterocycles. The third kappa shape index (κ3) is 5.21. The molecule has 1 atom stereocenters. The summed E-state index contributed by atoms with van der Waals surface area (Å²) in [6.45, 7) is 7.10. The molecule has 192 valence electrons. The maximum absolute atomic E-state index is 13.5. The molecule has 3 heterocycles. The van der Waals surface area contributed by atoms with Crippen LogP contribution < -0.4 is 5.43 Å². The van der Waals surface area contributed by atoms with E-state index in [2.05, 4.69) is 4.98 Å². The van der Waals surface area contributed by atoms with Crippen LogP contribution in [0.1, 0.15) is 46.4 Å². The van der Waals surface area contributed by atoms with Gasteiger partial charge >= 0.3 is 0 Å². The van der Waals surface area contributed by atoms with Crippen molar-refractivity contribution in [3.05, 3.63) is 68.3 Å². The van der Waals surface area contributed by atoms with Gasteiger partial charge in [-0.25, -0.2) is 9.37 Å². The number of carbonyl (C=O) groups is 1. The standard InChI is InChI=1S/C26H30FN3O5S/c1-15(2)29-12-19(14-35-8-7-34-4)30-13-21(23(31)24(32)22(30)26(29)33)25-28-11-20(36-25)10-17-5-6-18(27)9-16(17)3/h5-6,9,11,13,15,19,32H,7-8,10,12,14H2,1-4H3/t19-/m1/s1. The number of methoxy groups -OCH3 is 1. The number of benzene rings is 1. The van der Waals surface area contributed by atoms with Gasteiger partial charge in [-0.1, -0.05) is 6.07 Å². The molecular weight excluding hydrogens is 485 g/mol. The zero-order chi connectivity index (χ0) is 26.0. The SMILES string of the molecule is COCCOC[C@H]1CN(C(C)C)C(=O)c2c(O)c(=O)c(-c3ncc(Cc4ccc(F)cc4C)s3)cn21. The minimum absolute atomic E-state index is 0.0391. The fraction of sp³-hybridized carbons (Fsp3) is 0.423. The maximum atomic E-state index is 13.5. The third-order valence-electron chi connectivity index (χ3n) is 6.29. The molecule has 4 rings (SSSR count). The molecule has 0 fully saturated rings. The van der Waals surface area contributed by atoms with E-state index in [1.54, 1.807) is 35.0 Å². The molecule has 0 saturated heterocycles. The summed E-state index contributed by atoms with van der Waals surface area (Å²) in [4.78, 5) is 33.3. The van der Waals surface area contributed by atoms with E-state index in [-0.39, 0.29) is 35.8 Å². The monoisotopic (exact) mass is 515 g/mol. The Hall–Kier alpha value is -3.08. The fourth-order valence-corrected chi connectivity index (χ4v) is 5.25. The van der Waals surface area contributed by atoms with Crippen LogP contribution in [-0.4, -0.2) is 65.0 Å². The number of fused-ring (bicyclic) bond motifs is 1. The van der Waals surface area contributed by atoms with Gasteiger partial charge in [0, 0.05) is 43.4 Å². The summed E-state index contributed by atoms with van der Waals surface area (Å²) in [7, 11) is 1.59. The van der Waals surface area contributed by atoms with Crippen LogP contribution in [0.2, 0.25) is 0 Å². The predicted molar refractivity (Wildman–Crippen MR) is 135 cm³/mol. The van der Waals surface area contributed by atoms with Gasteiger partial charge in [0.25, 0.3) is 5.91 Å². The molecule has 0 spiro atoms. The van der Waals surface area contributed by atoms with Gasteiger partial charge in [0.1, 0.15) is 10.8 Å². The lowest BCUT2D eigenvalue weighted by atomic mass is 10.1. The number of hydrogen-bond donors (Lipinski definition) is 1. The van der Waals surface area contributed by atoms with Crippen LogP contribution in [0.25, 0.3) is 10.6 Å². The van der Waals surface area contributed by atoms with Crippen LogP contribution in [-0.2, 0) is 15.9 Å². The summed E-state index contributed by atoms with van der Waals surface area (Å²) >= 11 is 1.33. The molecule has 36 heavy (non-hydrogen) atoms. The maximum Gasteiger partial charge on any atom is 0.274 e. The van der Waals surface area contributed by atoms with E-state index >= 15 is 0 Å². The van der Waals surface area contributed by atoms with E-state index in [0.29, 0.717) is 31.2 Å². The summed E-state index contributed by atoms with van der Waals surface area (Å²) in [5, 5.41) is 11.3.